The normalized spacial score (nSPS) is 12.5. The Morgan fingerprint density at radius 1 is 1.22 bits per heavy atom. The molecule has 1 atom stereocenters. The summed E-state index contributed by atoms with van der Waals surface area (Å²) in [4.78, 5) is 16.3. The van der Waals surface area contributed by atoms with Gasteiger partial charge in [-0.3, -0.25) is 14.1 Å². The van der Waals surface area contributed by atoms with Crippen LogP contribution >= 0.6 is 0 Å². The van der Waals surface area contributed by atoms with Gasteiger partial charge >= 0.3 is 0 Å². The first-order valence-electron chi connectivity index (χ1n) is 7.06. The number of aryl methyl sites for hydroxylation is 1. The Morgan fingerprint density at radius 2 is 1.87 bits per heavy atom. The summed E-state index contributed by atoms with van der Waals surface area (Å²) in [6.07, 6.45) is 4.18. The van der Waals surface area contributed by atoms with Crippen LogP contribution in [0.1, 0.15) is 12.5 Å². The molecule has 1 N–H and O–H groups in total. The van der Waals surface area contributed by atoms with Crippen LogP contribution in [0.15, 0.2) is 48.8 Å². The molecule has 7 heteroatoms. The molecule has 23 heavy (non-hydrogen) atoms. The van der Waals surface area contributed by atoms with E-state index in [0.29, 0.717) is 11.4 Å². The molecule has 2 aromatic rings. The molecule has 1 heterocycles. The molecule has 1 amide bonds. The molecule has 6 nitrogen and oxygen atoms in total. The van der Waals surface area contributed by atoms with Crippen molar-refractivity contribution in [2.75, 3.05) is 15.9 Å². The molecule has 0 spiro atoms. The molecule has 0 fully saturated rings. The number of carbonyl (C=O) groups is 1. The maximum atomic E-state index is 12.4. The van der Waals surface area contributed by atoms with Gasteiger partial charge in [-0.2, -0.15) is 0 Å². The number of anilines is 2. The minimum atomic E-state index is -3.61. The minimum absolute atomic E-state index is 0.427. The fourth-order valence-corrected chi connectivity index (χ4v) is 3.36. The third kappa shape index (κ3) is 4.29. The molecule has 0 saturated heterocycles. The number of benzene rings is 1. The lowest BCUT2D eigenvalue weighted by molar-refractivity contribution is -0.116. The number of sulfonamides is 1. The van der Waals surface area contributed by atoms with E-state index in [4.69, 9.17) is 0 Å². The topological polar surface area (TPSA) is 79.4 Å². The Bertz CT molecular complexity index is 774. The van der Waals surface area contributed by atoms with Crippen molar-refractivity contribution in [3.63, 3.8) is 0 Å². The third-order valence-corrected chi connectivity index (χ3v) is 4.55. The summed E-state index contributed by atoms with van der Waals surface area (Å²) in [5.74, 6) is -0.427. The molecular weight excluding hydrogens is 314 g/mol. The van der Waals surface area contributed by atoms with Gasteiger partial charge < -0.3 is 5.32 Å². The zero-order chi connectivity index (χ0) is 17.0. The molecule has 0 saturated carbocycles. The van der Waals surface area contributed by atoms with Crippen molar-refractivity contribution in [3.8, 4) is 0 Å². The highest BCUT2D eigenvalue weighted by Gasteiger charge is 2.29. The summed E-state index contributed by atoms with van der Waals surface area (Å²) < 4.78 is 25.4. The summed E-state index contributed by atoms with van der Waals surface area (Å²) in [6, 6.07) is 9.46. The Hall–Kier alpha value is -2.41. The summed E-state index contributed by atoms with van der Waals surface area (Å²) in [5, 5.41) is 2.67. The van der Waals surface area contributed by atoms with Gasteiger partial charge in [0.2, 0.25) is 15.9 Å². The largest absolute Gasteiger partial charge is 0.323 e. The molecule has 2 rings (SSSR count). The van der Waals surface area contributed by atoms with Crippen molar-refractivity contribution in [1.29, 1.82) is 0 Å². The fourth-order valence-electron chi connectivity index (χ4n) is 2.18. The van der Waals surface area contributed by atoms with Crippen LogP contribution in [0.5, 0.6) is 0 Å². The van der Waals surface area contributed by atoms with Gasteiger partial charge in [0.05, 0.1) is 23.8 Å². The maximum absolute atomic E-state index is 12.4. The van der Waals surface area contributed by atoms with Crippen LogP contribution in [-0.4, -0.2) is 31.6 Å². The van der Waals surface area contributed by atoms with Gasteiger partial charge in [-0.1, -0.05) is 17.7 Å². The van der Waals surface area contributed by atoms with Gasteiger partial charge in [-0.05, 0) is 38.1 Å². The SMILES string of the molecule is Cc1ccc(N([C@H](C)C(=O)Nc2cccnc2)S(C)(=O)=O)cc1. The van der Waals surface area contributed by atoms with Crippen molar-refractivity contribution >= 4 is 27.3 Å². The van der Waals surface area contributed by atoms with Crippen LogP contribution in [0, 0.1) is 6.92 Å². The number of nitrogens with zero attached hydrogens (tertiary/aromatic N) is 2. The Kier molecular flexibility index (Phi) is 5.00. The lowest BCUT2D eigenvalue weighted by Gasteiger charge is -2.28. The van der Waals surface area contributed by atoms with Crippen molar-refractivity contribution in [2.24, 2.45) is 0 Å². The fraction of sp³-hybridized carbons (Fsp3) is 0.250. The Labute approximate surface area is 136 Å². The average Bonchev–Trinajstić information content (AvgIpc) is 2.49. The zero-order valence-electron chi connectivity index (χ0n) is 13.2. The first kappa shape index (κ1) is 17.0. The third-order valence-electron chi connectivity index (χ3n) is 3.31. The van der Waals surface area contributed by atoms with Gasteiger partial charge in [0.25, 0.3) is 0 Å². The molecule has 0 radical (unpaired) electrons. The van der Waals surface area contributed by atoms with E-state index in [-0.39, 0.29) is 0 Å². The van der Waals surface area contributed by atoms with E-state index >= 15 is 0 Å². The summed E-state index contributed by atoms with van der Waals surface area (Å²) in [6.45, 7) is 3.46. The van der Waals surface area contributed by atoms with Gasteiger partial charge in [-0.25, -0.2) is 8.42 Å². The number of rotatable bonds is 5. The summed E-state index contributed by atoms with van der Waals surface area (Å²) >= 11 is 0. The first-order chi connectivity index (χ1) is 10.8. The molecule has 0 bridgehead atoms. The lowest BCUT2D eigenvalue weighted by atomic mass is 10.2. The number of hydrogen-bond donors (Lipinski definition) is 1. The van der Waals surface area contributed by atoms with Crippen LogP contribution in [0.4, 0.5) is 11.4 Å². The van der Waals surface area contributed by atoms with E-state index in [1.807, 2.05) is 6.92 Å². The Balaban J connectivity index is 2.28. The van der Waals surface area contributed by atoms with E-state index < -0.39 is 22.0 Å². The predicted octanol–water partition coefficient (Wildman–Crippen LogP) is 2.18. The summed E-state index contributed by atoms with van der Waals surface area (Å²) in [5.41, 5.74) is 1.98. The van der Waals surface area contributed by atoms with Crippen LogP contribution < -0.4 is 9.62 Å². The number of carbonyl (C=O) groups excluding carboxylic acids is 1. The standard InChI is InChI=1S/C16H19N3O3S/c1-12-6-8-15(9-7-12)19(23(3,21)22)13(2)16(20)18-14-5-4-10-17-11-14/h4-11,13H,1-3H3,(H,18,20)/t13-/m1/s1. The van der Waals surface area contributed by atoms with Crippen molar-refractivity contribution in [3.05, 3.63) is 54.4 Å². The quantitative estimate of drug-likeness (QED) is 0.909. The maximum Gasteiger partial charge on any atom is 0.248 e. The van der Waals surface area contributed by atoms with Crippen LogP contribution in [0.3, 0.4) is 0 Å². The second-order valence-electron chi connectivity index (χ2n) is 5.30. The molecule has 0 aliphatic carbocycles. The highest BCUT2D eigenvalue weighted by Crippen LogP contribution is 2.22. The molecule has 0 aliphatic heterocycles. The first-order valence-corrected chi connectivity index (χ1v) is 8.91. The lowest BCUT2D eigenvalue weighted by Crippen LogP contribution is -2.45. The van der Waals surface area contributed by atoms with E-state index in [1.165, 1.54) is 6.20 Å². The highest BCUT2D eigenvalue weighted by atomic mass is 32.2. The second-order valence-corrected chi connectivity index (χ2v) is 7.16. The molecule has 0 unspecified atom stereocenters. The van der Waals surface area contributed by atoms with Crippen LogP contribution in [0.25, 0.3) is 0 Å². The molecular formula is C16H19N3O3S. The molecule has 122 valence electrons. The smallest absolute Gasteiger partial charge is 0.248 e. The minimum Gasteiger partial charge on any atom is -0.323 e. The monoisotopic (exact) mass is 333 g/mol. The number of aromatic nitrogens is 1. The number of nitrogens with one attached hydrogen (secondary N) is 1. The number of hydrogen-bond acceptors (Lipinski definition) is 4. The van der Waals surface area contributed by atoms with Crippen LogP contribution in [-0.2, 0) is 14.8 Å². The predicted molar refractivity (Wildman–Crippen MR) is 90.8 cm³/mol. The van der Waals surface area contributed by atoms with Gasteiger partial charge in [0.15, 0.2) is 0 Å². The van der Waals surface area contributed by atoms with E-state index in [0.717, 1.165) is 16.1 Å². The molecule has 0 aliphatic rings. The Morgan fingerprint density at radius 3 is 2.39 bits per heavy atom. The van der Waals surface area contributed by atoms with E-state index in [2.05, 4.69) is 10.3 Å². The summed E-state index contributed by atoms with van der Waals surface area (Å²) in [7, 11) is -3.61. The van der Waals surface area contributed by atoms with E-state index in [9.17, 15) is 13.2 Å². The van der Waals surface area contributed by atoms with E-state index in [1.54, 1.807) is 49.5 Å². The zero-order valence-corrected chi connectivity index (χ0v) is 14.0. The van der Waals surface area contributed by atoms with Gasteiger partial charge in [0, 0.05) is 6.20 Å². The molecule has 1 aromatic carbocycles. The average molecular weight is 333 g/mol. The van der Waals surface area contributed by atoms with Gasteiger partial charge in [-0.15, -0.1) is 0 Å². The number of pyridine rings is 1. The van der Waals surface area contributed by atoms with Crippen molar-refractivity contribution in [1.82, 2.24) is 4.98 Å². The molecule has 1 aromatic heterocycles. The number of amides is 1. The van der Waals surface area contributed by atoms with Gasteiger partial charge in [0.1, 0.15) is 6.04 Å². The van der Waals surface area contributed by atoms with Crippen molar-refractivity contribution in [2.45, 2.75) is 19.9 Å². The second kappa shape index (κ2) is 6.78. The van der Waals surface area contributed by atoms with Crippen molar-refractivity contribution < 1.29 is 13.2 Å². The highest BCUT2D eigenvalue weighted by molar-refractivity contribution is 7.92. The van der Waals surface area contributed by atoms with Crippen LogP contribution in [0.2, 0.25) is 0 Å².